The van der Waals surface area contributed by atoms with E-state index in [1.165, 1.54) is 6.92 Å². The van der Waals surface area contributed by atoms with Gasteiger partial charge in [-0.1, -0.05) is 30.3 Å². The maximum Gasteiger partial charge on any atom is 0.251 e. The lowest BCUT2D eigenvalue weighted by Crippen LogP contribution is -2.33. The molecule has 3 rings (SSSR count). The monoisotopic (exact) mass is 372 g/mol. The summed E-state index contributed by atoms with van der Waals surface area (Å²) < 4.78 is 24.4. The van der Waals surface area contributed by atoms with Crippen molar-refractivity contribution in [1.82, 2.24) is 10.6 Å². The average molecular weight is 372 g/mol. The fourth-order valence-corrected chi connectivity index (χ4v) is 4.60. The summed E-state index contributed by atoms with van der Waals surface area (Å²) in [5.41, 5.74) is 2.02. The Bertz CT molecular complexity index is 936. The smallest absolute Gasteiger partial charge is 0.251 e. The van der Waals surface area contributed by atoms with Crippen LogP contribution in [0.3, 0.4) is 0 Å². The highest BCUT2D eigenvalue weighted by atomic mass is 32.2. The third kappa shape index (κ3) is 3.94. The standard InChI is InChI=1S/C19H20N2O4S/c1-13(22)20-12-14-6-8-15(9-7-14)19(23)21-17-10-11-26(24,25)18-5-3-2-4-16(17)18/h2-9,17H,10-12H2,1H3,(H,20,22)(H,21,23)/t17-/m1/s1. The molecule has 0 unspecified atom stereocenters. The predicted molar refractivity (Wildman–Crippen MR) is 97.3 cm³/mol. The first-order valence-electron chi connectivity index (χ1n) is 8.33. The van der Waals surface area contributed by atoms with Crippen molar-refractivity contribution < 1.29 is 18.0 Å². The molecule has 2 aromatic carbocycles. The third-order valence-corrected chi connectivity index (χ3v) is 6.18. The van der Waals surface area contributed by atoms with Gasteiger partial charge >= 0.3 is 0 Å². The normalized spacial score (nSPS) is 17.8. The van der Waals surface area contributed by atoms with E-state index in [0.29, 0.717) is 29.0 Å². The molecule has 0 radical (unpaired) electrons. The second-order valence-corrected chi connectivity index (χ2v) is 8.36. The quantitative estimate of drug-likeness (QED) is 0.858. The molecule has 1 aliphatic rings. The summed E-state index contributed by atoms with van der Waals surface area (Å²) in [4.78, 5) is 23.8. The fourth-order valence-electron chi connectivity index (χ4n) is 2.98. The summed E-state index contributed by atoms with van der Waals surface area (Å²) in [6.07, 6.45) is 0.353. The molecule has 6 nitrogen and oxygen atoms in total. The number of hydrogen-bond donors (Lipinski definition) is 2. The topological polar surface area (TPSA) is 92.3 Å². The minimum absolute atomic E-state index is 0.0185. The van der Waals surface area contributed by atoms with E-state index in [9.17, 15) is 18.0 Å². The van der Waals surface area contributed by atoms with E-state index in [0.717, 1.165) is 5.56 Å². The van der Waals surface area contributed by atoms with Crippen molar-refractivity contribution in [3.05, 3.63) is 65.2 Å². The highest BCUT2D eigenvalue weighted by Crippen LogP contribution is 2.32. The molecular weight excluding hydrogens is 352 g/mol. The molecule has 0 bridgehead atoms. The molecule has 136 valence electrons. The van der Waals surface area contributed by atoms with Crippen molar-refractivity contribution in [2.24, 2.45) is 0 Å². The number of carbonyl (C=O) groups excluding carboxylic acids is 2. The Kier molecular flexibility index (Phi) is 5.08. The maximum absolute atomic E-state index is 12.5. The van der Waals surface area contributed by atoms with Crippen LogP contribution in [0, 0.1) is 0 Å². The van der Waals surface area contributed by atoms with Gasteiger partial charge in [0, 0.05) is 19.0 Å². The summed E-state index contributed by atoms with van der Waals surface area (Å²) in [5.74, 6) is -0.349. The molecule has 0 aromatic heterocycles. The first kappa shape index (κ1) is 18.1. The zero-order valence-corrected chi connectivity index (χ0v) is 15.2. The van der Waals surface area contributed by atoms with E-state index >= 15 is 0 Å². The number of hydrogen-bond acceptors (Lipinski definition) is 4. The van der Waals surface area contributed by atoms with Gasteiger partial charge in [-0.3, -0.25) is 9.59 Å². The molecule has 2 amide bonds. The van der Waals surface area contributed by atoms with Crippen molar-refractivity contribution >= 4 is 21.7 Å². The van der Waals surface area contributed by atoms with Crippen LogP contribution in [-0.4, -0.2) is 26.0 Å². The van der Waals surface area contributed by atoms with Gasteiger partial charge in [0.15, 0.2) is 9.84 Å². The van der Waals surface area contributed by atoms with Crippen LogP contribution in [-0.2, 0) is 21.2 Å². The van der Waals surface area contributed by atoms with Gasteiger partial charge in [-0.2, -0.15) is 0 Å². The Morgan fingerprint density at radius 3 is 2.46 bits per heavy atom. The van der Waals surface area contributed by atoms with Crippen LogP contribution in [0.1, 0.15) is 40.9 Å². The van der Waals surface area contributed by atoms with Crippen LogP contribution in [0.4, 0.5) is 0 Å². The summed E-state index contributed by atoms with van der Waals surface area (Å²) in [5, 5.41) is 5.62. The van der Waals surface area contributed by atoms with Crippen LogP contribution in [0.25, 0.3) is 0 Å². The van der Waals surface area contributed by atoms with Crippen molar-refractivity contribution in [1.29, 1.82) is 0 Å². The number of rotatable bonds is 4. The van der Waals surface area contributed by atoms with Gasteiger partial charge in [0.1, 0.15) is 0 Å². The number of amides is 2. The summed E-state index contributed by atoms with van der Waals surface area (Å²) in [6.45, 7) is 1.86. The lowest BCUT2D eigenvalue weighted by Gasteiger charge is -2.26. The number of benzene rings is 2. The molecule has 1 atom stereocenters. The molecule has 7 heteroatoms. The largest absolute Gasteiger partial charge is 0.352 e. The minimum atomic E-state index is -3.28. The average Bonchev–Trinajstić information content (AvgIpc) is 2.63. The van der Waals surface area contributed by atoms with Crippen LogP contribution in [0.5, 0.6) is 0 Å². The Balaban J connectivity index is 1.73. The Morgan fingerprint density at radius 2 is 1.77 bits per heavy atom. The molecule has 2 aromatic rings. The molecular formula is C19H20N2O4S. The van der Waals surface area contributed by atoms with Crippen molar-refractivity contribution in [3.63, 3.8) is 0 Å². The number of nitrogens with one attached hydrogen (secondary N) is 2. The molecule has 0 saturated carbocycles. The van der Waals surface area contributed by atoms with Crippen LogP contribution >= 0.6 is 0 Å². The molecule has 0 fully saturated rings. The van der Waals surface area contributed by atoms with Gasteiger partial charge in [-0.05, 0) is 35.7 Å². The first-order chi connectivity index (χ1) is 12.4. The lowest BCUT2D eigenvalue weighted by atomic mass is 10.0. The zero-order valence-electron chi connectivity index (χ0n) is 14.4. The molecule has 0 spiro atoms. The summed E-state index contributed by atoms with van der Waals surface area (Å²) in [7, 11) is -3.28. The first-order valence-corrected chi connectivity index (χ1v) is 9.98. The van der Waals surface area contributed by atoms with E-state index in [2.05, 4.69) is 10.6 Å². The van der Waals surface area contributed by atoms with Gasteiger partial charge in [-0.15, -0.1) is 0 Å². The second kappa shape index (κ2) is 7.29. The highest BCUT2D eigenvalue weighted by Gasteiger charge is 2.30. The van der Waals surface area contributed by atoms with E-state index in [1.807, 2.05) is 0 Å². The molecule has 0 saturated heterocycles. The SMILES string of the molecule is CC(=O)NCc1ccc(C(=O)N[C@@H]2CCS(=O)(=O)c3ccccc32)cc1. The fraction of sp³-hybridized carbons (Fsp3) is 0.263. The maximum atomic E-state index is 12.5. The van der Waals surface area contributed by atoms with E-state index in [4.69, 9.17) is 0 Å². The van der Waals surface area contributed by atoms with Gasteiger partial charge in [-0.25, -0.2) is 8.42 Å². The number of sulfone groups is 1. The third-order valence-electron chi connectivity index (χ3n) is 4.37. The van der Waals surface area contributed by atoms with E-state index < -0.39 is 9.84 Å². The minimum Gasteiger partial charge on any atom is -0.352 e. The van der Waals surface area contributed by atoms with Gasteiger partial charge in [0.2, 0.25) is 5.91 Å². The van der Waals surface area contributed by atoms with Gasteiger partial charge < -0.3 is 10.6 Å². The van der Waals surface area contributed by atoms with Gasteiger partial charge in [0.05, 0.1) is 16.7 Å². The Labute approximate surface area is 152 Å². The van der Waals surface area contributed by atoms with Crippen LogP contribution in [0.15, 0.2) is 53.4 Å². The van der Waals surface area contributed by atoms with Crippen molar-refractivity contribution in [2.75, 3.05) is 5.75 Å². The Morgan fingerprint density at radius 1 is 1.08 bits per heavy atom. The summed E-state index contributed by atoms with van der Waals surface area (Å²) in [6, 6.07) is 13.4. The highest BCUT2D eigenvalue weighted by molar-refractivity contribution is 7.91. The molecule has 1 aliphatic heterocycles. The molecule has 1 heterocycles. The van der Waals surface area contributed by atoms with E-state index in [1.54, 1.807) is 48.5 Å². The lowest BCUT2D eigenvalue weighted by molar-refractivity contribution is -0.119. The molecule has 0 aliphatic carbocycles. The van der Waals surface area contributed by atoms with Crippen LogP contribution < -0.4 is 10.6 Å². The number of carbonyl (C=O) groups is 2. The molecule has 2 N–H and O–H groups in total. The summed E-state index contributed by atoms with van der Waals surface area (Å²) >= 11 is 0. The van der Waals surface area contributed by atoms with Crippen molar-refractivity contribution in [2.45, 2.75) is 30.8 Å². The Hall–Kier alpha value is -2.67. The predicted octanol–water partition coefficient (Wildman–Crippen LogP) is 1.97. The van der Waals surface area contributed by atoms with Gasteiger partial charge in [0.25, 0.3) is 5.91 Å². The molecule has 26 heavy (non-hydrogen) atoms. The second-order valence-electron chi connectivity index (χ2n) is 6.28. The van der Waals surface area contributed by atoms with Crippen LogP contribution in [0.2, 0.25) is 0 Å². The number of fused-ring (bicyclic) bond motifs is 1. The zero-order chi connectivity index (χ0) is 18.7. The van der Waals surface area contributed by atoms with E-state index in [-0.39, 0.29) is 23.6 Å². The van der Waals surface area contributed by atoms with Crippen molar-refractivity contribution in [3.8, 4) is 0 Å².